The number of anilines is 1. The first-order chi connectivity index (χ1) is 11.6. The topological polar surface area (TPSA) is 23.6 Å². The fourth-order valence-corrected chi connectivity index (χ4v) is 2.99. The number of piperazine rings is 1. The van der Waals surface area contributed by atoms with Crippen LogP contribution >= 0.6 is 15.9 Å². The van der Waals surface area contributed by atoms with Gasteiger partial charge >= 0.3 is 0 Å². The number of rotatable bonds is 3. The summed E-state index contributed by atoms with van der Waals surface area (Å²) in [6.07, 6.45) is 3.42. The van der Waals surface area contributed by atoms with Crippen LogP contribution in [0.1, 0.15) is 5.56 Å². The Morgan fingerprint density at radius 3 is 2.33 bits per heavy atom. The summed E-state index contributed by atoms with van der Waals surface area (Å²) in [5.74, 6) is -0.224. The lowest BCUT2D eigenvalue weighted by Gasteiger charge is -2.35. The average Bonchev–Trinajstić information content (AvgIpc) is 2.61. The molecule has 0 radical (unpaired) electrons. The lowest BCUT2D eigenvalue weighted by Crippen LogP contribution is -2.48. The first-order valence-electron chi connectivity index (χ1n) is 7.85. The van der Waals surface area contributed by atoms with Crippen LogP contribution in [0, 0.1) is 5.82 Å². The minimum atomic E-state index is -0.215. The molecule has 3 rings (SSSR count). The lowest BCUT2D eigenvalue weighted by atomic mass is 10.2. The number of nitrogens with zero attached hydrogens (tertiary/aromatic N) is 2. The van der Waals surface area contributed by atoms with Crippen molar-refractivity contribution < 1.29 is 9.18 Å². The first-order valence-corrected chi connectivity index (χ1v) is 8.65. The molecule has 24 heavy (non-hydrogen) atoms. The Bertz CT molecular complexity index is 737. The molecule has 5 heteroatoms. The van der Waals surface area contributed by atoms with Crippen molar-refractivity contribution >= 4 is 33.6 Å². The number of hydrogen-bond donors (Lipinski definition) is 0. The van der Waals surface area contributed by atoms with Gasteiger partial charge in [0.1, 0.15) is 5.82 Å². The van der Waals surface area contributed by atoms with E-state index in [9.17, 15) is 9.18 Å². The van der Waals surface area contributed by atoms with Gasteiger partial charge in [-0.25, -0.2) is 4.39 Å². The summed E-state index contributed by atoms with van der Waals surface area (Å²) in [5, 5.41) is 0. The number of amides is 1. The zero-order chi connectivity index (χ0) is 16.9. The summed E-state index contributed by atoms with van der Waals surface area (Å²) in [6, 6.07) is 14.5. The third-order valence-electron chi connectivity index (χ3n) is 4.07. The monoisotopic (exact) mass is 388 g/mol. The van der Waals surface area contributed by atoms with Crippen molar-refractivity contribution in [1.82, 2.24) is 4.90 Å². The summed E-state index contributed by atoms with van der Waals surface area (Å²) in [7, 11) is 0. The van der Waals surface area contributed by atoms with Crippen LogP contribution in [0.2, 0.25) is 0 Å². The molecule has 0 aromatic heterocycles. The van der Waals surface area contributed by atoms with E-state index in [-0.39, 0.29) is 11.7 Å². The van der Waals surface area contributed by atoms with Gasteiger partial charge in [0.05, 0.1) is 5.69 Å². The molecule has 0 spiro atoms. The van der Waals surface area contributed by atoms with Crippen LogP contribution in [0.3, 0.4) is 0 Å². The van der Waals surface area contributed by atoms with E-state index in [0.717, 1.165) is 10.0 Å². The molecule has 0 aliphatic carbocycles. The van der Waals surface area contributed by atoms with Crippen molar-refractivity contribution in [3.63, 3.8) is 0 Å². The molecule has 124 valence electrons. The van der Waals surface area contributed by atoms with Gasteiger partial charge in [-0.05, 0) is 35.9 Å². The molecule has 2 aromatic rings. The number of carbonyl (C=O) groups excluding carboxylic acids is 1. The molecule has 1 fully saturated rings. The molecule has 0 atom stereocenters. The van der Waals surface area contributed by atoms with Crippen molar-refractivity contribution in [2.24, 2.45) is 0 Å². The van der Waals surface area contributed by atoms with Gasteiger partial charge in [-0.2, -0.15) is 0 Å². The van der Waals surface area contributed by atoms with Gasteiger partial charge in [0.2, 0.25) is 5.91 Å². The van der Waals surface area contributed by atoms with Crippen molar-refractivity contribution in [2.45, 2.75) is 0 Å². The van der Waals surface area contributed by atoms with Gasteiger partial charge in [-0.1, -0.05) is 40.2 Å². The van der Waals surface area contributed by atoms with Crippen LogP contribution < -0.4 is 4.90 Å². The maximum atomic E-state index is 13.8. The molecular formula is C19H18BrFN2O. The van der Waals surface area contributed by atoms with Crippen molar-refractivity contribution in [3.05, 3.63) is 70.5 Å². The van der Waals surface area contributed by atoms with E-state index < -0.39 is 0 Å². The predicted molar refractivity (Wildman–Crippen MR) is 98.4 cm³/mol. The van der Waals surface area contributed by atoms with E-state index in [1.165, 1.54) is 6.07 Å². The molecule has 1 heterocycles. The van der Waals surface area contributed by atoms with E-state index in [4.69, 9.17) is 0 Å². The number of para-hydroxylation sites is 1. The SMILES string of the molecule is O=C(C=Cc1ccc(Br)cc1)N1CCN(c2ccccc2F)CC1. The van der Waals surface area contributed by atoms with E-state index in [0.29, 0.717) is 31.9 Å². The third kappa shape index (κ3) is 4.03. The second-order valence-electron chi connectivity index (χ2n) is 5.65. The molecule has 1 aliphatic rings. The summed E-state index contributed by atoms with van der Waals surface area (Å²) in [6.45, 7) is 2.47. The van der Waals surface area contributed by atoms with E-state index in [2.05, 4.69) is 15.9 Å². The Hall–Kier alpha value is -2.14. The van der Waals surface area contributed by atoms with Crippen LogP contribution in [0.5, 0.6) is 0 Å². The predicted octanol–water partition coefficient (Wildman–Crippen LogP) is 3.95. The fourth-order valence-electron chi connectivity index (χ4n) is 2.72. The molecular weight excluding hydrogens is 371 g/mol. The summed E-state index contributed by atoms with van der Waals surface area (Å²) < 4.78 is 14.8. The summed E-state index contributed by atoms with van der Waals surface area (Å²) in [5.41, 5.74) is 1.59. The third-order valence-corrected chi connectivity index (χ3v) is 4.60. The van der Waals surface area contributed by atoms with E-state index in [1.54, 1.807) is 23.1 Å². The summed E-state index contributed by atoms with van der Waals surface area (Å²) in [4.78, 5) is 16.1. The second kappa shape index (κ2) is 7.62. The molecule has 0 saturated carbocycles. The molecule has 1 amide bonds. The molecule has 0 N–H and O–H groups in total. The number of hydrogen-bond acceptors (Lipinski definition) is 2. The van der Waals surface area contributed by atoms with Crippen molar-refractivity contribution in [2.75, 3.05) is 31.1 Å². The number of benzene rings is 2. The minimum absolute atomic E-state index is 0.00824. The molecule has 1 saturated heterocycles. The second-order valence-corrected chi connectivity index (χ2v) is 6.56. The van der Waals surface area contributed by atoms with Gasteiger partial charge in [-0.3, -0.25) is 4.79 Å². The maximum Gasteiger partial charge on any atom is 0.246 e. The Balaban J connectivity index is 1.57. The molecule has 1 aliphatic heterocycles. The first kappa shape index (κ1) is 16.7. The largest absolute Gasteiger partial charge is 0.366 e. The van der Waals surface area contributed by atoms with E-state index in [1.807, 2.05) is 41.3 Å². The van der Waals surface area contributed by atoms with E-state index >= 15 is 0 Å². The Labute approximate surface area is 149 Å². The maximum absolute atomic E-state index is 13.8. The standard InChI is InChI=1S/C19H18BrFN2O/c20-16-8-5-15(6-9-16)7-10-19(24)23-13-11-22(12-14-23)18-4-2-1-3-17(18)21/h1-10H,11-14H2. The highest BCUT2D eigenvalue weighted by molar-refractivity contribution is 9.10. The smallest absolute Gasteiger partial charge is 0.246 e. The molecule has 3 nitrogen and oxygen atoms in total. The van der Waals surface area contributed by atoms with Gasteiger partial charge < -0.3 is 9.80 Å². The Morgan fingerprint density at radius 1 is 1.00 bits per heavy atom. The number of carbonyl (C=O) groups is 1. The van der Waals surface area contributed by atoms with Crippen LogP contribution in [0.4, 0.5) is 10.1 Å². The van der Waals surface area contributed by atoms with Crippen molar-refractivity contribution in [1.29, 1.82) is 0 Å². The van der Waals surface area contributed by atoms with Gasteiger partial charge in [0.15, 0.2) is 0 Å². The normalized spacial score (nSPS) is 15.1. The fraction of sp³-hybridized carbons (Fsp3) is 0.211. The van der Waals surface area contributed by atoms with Crippen LogP contribution in [0.15, 0.2) is 59.1 Å². The van der Waals surface area contributed by atoms with Gasteiger partial charge in [0.25, 0.3) is 0 Å². The minimum Gasteiger partial charge on any atom is -0.366 e. The Kier molecular flexibility index (Phi) is 5.30. The van der Waals surface area contributed by atoms with Crippen LogP contribution in [-0.4, -0.2) is 37.0 Å². The zero-order valence-electron chi connectivity index (χ0n) is 13.2. The average molecular weight is 389 g/mol. The number of halogens is 2. The van der Waals surface area contributed by atoms with Crippen LogP contribution in [0.25, 0.3) is 6.08 Å². The summed E-state index contributed by atoms with van der Waals surface area (Å²) >= 11 is 3.39. The molecule has 0 bridgehead atoms. The lowest BCUT2D eigenvalue weighted by molar-refractivity contribution is -0.126. The molecule has 2 aromatic carbocycles. The Morgan fingerprint density at radius 2 is 1.67 bits per heavy atom. The molecule has 0 unspecified atom stereocenters. The van der Waals surface area contributed by atoms with Crippen LogP contribution in [-0.2, 0) is 4.79 Å². The van der Waals surface area contributed by atoms with Crippen molar-refractivity contribution in [3.8, 4) is 0 Å². The van der Waals surface area contributed by atoms with Gasteiger partial charge in [-0.15, -0.1) is 0 Å². The zero-order valence-corrected chi connectivity index (χ0v) is 14.7. The highest BCUT2D eigenvalue weighted by atomic mass is 79.9. The quantitative estimate of drug-likeness (QED) is 0.743. The highest BCUT2D eigenvalue weighted by Crippen LogP contribution is 2.20. The highest BCUT2D eigenvalue weighted by Gasteiger charge is 2.21. The van der Waals surface area contributed by atoms with Gasteiger partial charge in [0, 0.05) is 36.7 Å².